The van der Waals surface area contributed by atoms with E-state index in [2.05, 4.69) is 20.8 Å². The topological polar surface area (TPSA) is 27.7 Å². The fourth-order valence-corrected chi connectivity index (χ4v) is 3.34. The summed E-state index contributed by atoms with van der Waals surface area (Å²) in [5.41, 5.74) is 0. The molecule has 1 aliphatic rings. The highest BCUT2D eigenvalue weighted by Gasteiger charge is 2.31. The molecule has 2 unspecified atom stereocenters. The summed E-state index contributed by atoms with van der Waals surface area (Å²) < 4.78 is 17.3. The molecule has 0 saturated heterocycles. The zero-order chi connectivity index (χ0) is 14.6. The maximum Gasteiger partial charge on any atom is 0.0649 e. The summed E-state index contributed by atoms with van der Waals surface area (Å²) in [6.45, 7) is 10.2. The lowest BCUT2D eigenvalue weighted by molar-refractivity contribution is -0.0575. The van der Waals surface area contributed by atoms with Crippen molar-refractivity contribution in [3.05, 3.63) is 0 Å². The molecule has 120 valence electrons. The number of rotatable bonds is 11. The summed E-state index contributed by atoms with van der Waals surface area (Å²) in [7, 11) is 0. The molecule has 1 rings (SSSR count). The average molecular weight is 286 g/mol. The summed E-state index contributed by atoms with van der Waals surface area (Å²) in [6, 6.07) is 0. The second kappa shape index (κ2) is 11.5. The molecule has 0 bridgehead atoms. The summed E-state index contributed by atoms with van der Waals surface area (Å²) in [5.74, 6) is 1.31. The van der Waals surface area contributed by atoms with Crippen LogP contribution in [0.2, 0.25) is 0 Å². The molecule has 2 atom stereocenters. The highest BCUT2D eigenvalue weighted by molar-refractivity contribution is 4.80. The summed E-state index contributed by atoms with van der Waals surface area (Å²) in [5, 5.41) is 0. The van der Waals surface area contributed by atoms with Crippen molar-refractivity contribution >= 4 is 0 Å². The maximum atomic E-state index is 6.04. The Morgan fingerprint density at radius 1 is 0.900 bits per heavy atom. The highest BCUT2D eigenvalue weighted by atomic mass is 16.5. The van der Waals surface area contributed by atoms with E-state index in [9.17, 15) is 0 Å². The smallest absolute Gasteiger partial charge is 0.0649 e. The van der Waals surface area contributed by atoms with Crippen molar-refractivity contribution in [3.8, 4) is 0 Å². The molecule has 1 saturated carbocycles. The van der Waals surface area contributed by atoms with Crippen LogP contribution in [0, 0.1) is 11.8 Å². The van der Waals surface area contributed by atoms with Crippen molar-refractivity contribution in [2.24, 2.45) is 11.8 Å². The van der Waals surface area contributed by atoms with E-state index in [0.29, 0.717) is 12.0 Å². The first kappa shape index (κ1) is 17.9. The van der Waals surface area contributed by atoms with Gasteiger partial charge in [-0.15, -0.1) is 0 Å². The van der Waals surface area contributed by atoms with Gasteiger partial charge in [0, 0.05) is 32.3 Å². The Bertz CT molecular complexity index is 214. The van der Waals surface area contributed by atoms with Crippen LogP contribution < -0.4 is 0 Å². The van der Waals surface area contributed by atoms with Crippen LogP contribution in [0.1, 0.15) is 59.3 Å². The van der Waals surface area contributed by atoms with Crippen LogP contribution in [0.15, 0.2) is 0 Å². The Morgan fingerprint density at radius 2 is 1.60 bits per heavy atom. The quantitative estimate of drug-likeness (QED) is 0.536. The predicted octanol–water partition coefficient (Wildman–Crippen LogP) is 4.05. The van der Waals surface area contributed by atoms with Gasteiger partial charge >= 0.3 is 0 Å². The van der Waals surface area contributed by atoms with Gasteiger partial charge in [0.25, 0.3) is 0 Å². The molecule has 1 fully saturated rings. The largest absolute Gasteiger partial charge is 0.382 e. The first-order valence-corrected chi connectivity index (χ1v) is 8.60. The van der Waals surface area contributed by atoms with Gasteiger partial charge in [0.05, 0.1) is 12.7 Å². The third kappa shape index (κ3) is 6.55. The number of hydrogen-bond acceptors (Lipinski definition) is 3. The number of hydrogen-bond donors (Lipinski definition) is 0. The lowest BCUT2D eigenvalue weighted by atomic mass is 9.77. The van der Waals surface area contributed by atoms with Crippen LogP contribution in [0.5, 0.6) is 0 Å². The second-order valence-electron chi connectivity index (χ2n) is 5.70. The van der Waals surface area contributed by atoms with Crippen molar-refractivity contribution < 1.29 is 14.2 Å². The van der Waals surface area contributed by atoms with E-state index in [0.717, 1.165) is 45.4 Å². The van der Waals surface area contributed by atoms with Gasteiger partial charge in [0.1, 0.15) is 0 Å². The Kier molecular flexibility index (Phi) is 10.3. The van der Waals surface area contributed by atoms with Crippen LogP contribution in [0.25, 0.3) is 0 Å². The van der Waals surface area contributed by atoms with Crippen LogP contribution in [-0.4, -0.2) is 39.1 Å². The Morgan fingerprint density at radius 3 is 2.20 bits per heavy atom. The monoisotopic (exact) mass is 286 g/mol. The lowest BCUT2D eigenvalue weighted by Gasteiger charge is -2.35. The van der Waals surface area contributed by atoms with Gasteiger partial charge in [-0.3, -0.25) is 0 Å². The van der Waals surface area contributed by atoms with E-state index in [4.69, 9.17) is 14.2 Å². The predicted molar refractivity (Wildman–Crippen MR) is 83.1 cm³/mol. The van der Waals surface area contributed by atoms with Crippen molar-refractivity contribution in [1.82, 2.24) is 0 Å². The highest BCUT2D eigenvalue weighted by Crippen LogP contribution is 2.34. The minimum atomic E-state index is 0.293. The molecule has 0 aromatic heterocycles. The minimum Gasteiger partial charge on any atom is -0.382 e. The fraction of sp³-hybridized carbons (Fsp3) is 1.00. The van der Waals surface area contributed by atoms with Gasteiger partial charge in [0.15, 0.2) is 0 Å². The first-order valence-electron chi connectivity index (χ1n) is 8.60. The van der Waals surface area contributed by atoms with Crippen molar-refractivity contribution in [1.29, 1.82) is 0 Å². The van der Waals surface area contributed by atoms with E-state index in [1.54, 1.807) is 0 Å². The van der Waals surface area contributed by atoms with Gasteiger partial charge in [-0.2, -0.15) is 0 Å². The van der Waals surface area contributed by atoms with Crippen LogP contribution >= 0.6 is 0 Å². The molecule has 20 heavy (non-hydrogen) atoms. The number of ether oxygens (including phenoxy) is 3. The van der Waals surface area contributed by atoms with E-state index in [1.165, 1.54) is 32.1 Å². The average Bonchev–Trinajstić information content (AvgIpc) is 2.49. The molecule has 0 aliphatic heterocycles. The molecule has 1 aliphatic carbocycles. The summed E-state index contributed by atoms with van der Waals surface area (Å²) >= 11 is 0. The molecule has 0 aromatic rings. The van der Waals surface area contributed by atoms with Gasteiger partial charge in [-0.25, -0.2) is 0 Å². The normalized spacial score (nSPS) is 19.9. The van der Waals surface area contributed by atoms with Crippen LogP contribution in [0.4, 0.5) is 0 Å². The Balaban J connectivity index is 2.58. The van der Waals surface area contributed by atoms with E-state index in [1.807, 2.05) is 0 Å². The van der Waals surface area contributed by atoms with Gasteiger partial charge < -0.3 is 14.2 Å². The Labute approximate surface area is 125 Å². The second-order valence-corrected chi connectivity index (χ2v) is 5.70. The minimum absolute atomic E-state index is 0.293. The van der Waals surface area contributed by atoms with Gasteiger partial charge in [-0.05, 0) is 33.1 Å². The van der Waals surface area contributed by atoms with Crippen molar-refractivity contribution in [2.75, 3.05) is 33.0 Å². The lowest BCUT2D eigenvalue weighted by Crippen LogP contribution is -2.36. The summed E-state index contributed by atoms with van der Waals surface area (Å²) in [4.78, 5) is 0. The molecule has 0 N–H and O–H groups in total. The third-order valence-corrected chi connectivity index (χ3v) is 4.38. The molecule has 3 heteroatoms. The van der Waals surface area contributed by atoms with E-state index >= 15 is 0 Å². The molecular weight excluding hydrogens is 252 g/mol. The van der Waals surface area contributed by atoms with Gasteiger partial charge in [-0.1, -0.05) is 32.1 Å². The Hall–Kier alpha value is -0.120. The standard InChI is InChI=1S/C17H34O3/c1-4-18-13-12-17(20-6-3)16(14-19-5-2)15-10-8-7-9-11-15/h15-17H,4-14H2,1-3H3. The van der Waals surface area contributed by atoms with E-state index in [-0.39, 0.29) is 0 Å². The van der Waals surface area contributed by atoms with Crippen molar-refractivity contribution in [3.63, 3.8) is 0 Å². The first-order chi connectivity index (χ1) is 9.83. The van der Waals surface area contributed by atoms with Crippen LogP contribution in [-0.2, 0) is 14.2 Å². The van der Waals surface area contributed by atoms with Gasteiger partial charge in [0.2, 0.25) is 0 Å². The van der Waals surface area contributed by atoms with Crippen LogP contribution in [0.3, 0.4) is 0 Å². The molecular formula is C17H34O3. The molecule has 0 spiro atoms. The zero-order valence-corrected chi connectivity index (χ0v) is 13.7. The van der Waals surface area contributed by atoms with E-state index < -0.39 is 0 Å². The summed E-state index contributed by atoms with van der Waals surface area (Å²) in [6.07, 6.45) is 8.12. The zero-order valence-electron chi connectivity index (χ0n) is 13.7. The molecule has 0 heterocycles. The molecule has 0 aromatic carbocycles. The fourth-order valence-electron chi connectivity index (χ4n) is 3.34. The maximum absolute atomic E-state index is 6.04. The molecule has 0 radical (unpaired) electrons. The molecule has 3 nitrogen and oxygen atoms in total. The SMILES string of the molecule is CCOCCC(OCC)C(COCC)C1CCCCC1. The third-order valence-electron chi connectivity index (χ3n) is 4.38. The van der Waals surface area contributed by atoms with Crippen molar-refractivity contribution in [2.45, 2.75) is 65.4 Å². The molecule has 0 amide bonds.